The van der Waals surface area contributed by atoms with Crippen molar-refractivity contribution in [3.63, 3.8) is 0 Å². The first-order chi connectivity index (χ1) is 7.63. The van der Waals surface area contributed by atoms with Crippen LogP contribution in [0.3, 0.4) is 0 Å². The molecule has 0 aromatic heterocycles. The van der Waals surface area contributed by atoms with E-state index in [1.807, 2.05) is 0 Å². The van der Waals surface area contributed by atoms with E-state index in [0.29, 0.717) is 11.8 Å². The molecular formula is C15H22O. The van der Waals surface area contributed by atoms with Crippen LogP contribution in [0.1, 0.15) is 74.7 Å². The summed E-state index contributed by atoms with van der Waals surface area (Å²) >= 11 is 0. The quantitative estimate of drug-likeness (QED) is 0.791. The highest BCUT2D eigenvalue weighted by atomic mass is 16.3. The van der Waals surface area contributed by atoms with Crippen molar-refractivity contribution in [2.24, 2.45) is 0 Å². The summed E-state index contributed by atoms with van der Waals surface area (Å²) in [7, 11) is 0. The Morgan fingerprint density at radius 2 is 2.06 bits per heavy atom. The van der Waals surface area contributed by atoms with Crippen molar-refractivity contribution in [1.82, 2.24) is 0 Å². The molecule has 1 N–H and O–H groups in total. The van der Waals surface area contributed by atoms with Gasteiger partial charge >= 0.3 is 0 Å². The summed E-state index contributed by atoms with van der Waals surface area (Å²) in [5.41, 5.74) is 3.90. The van der Waals surface area contributed by atoms with Gasteiger partial charge in [-0.05, 0) is 47.8 Å². The molecule has 1 aromatic rings. The largest absolute Gasteiger partial charge is 0.388 e. The number of aliphatic hydroxyl groups is 1. The SMILES string of the molecule is CCC(C)c1ccc2c(c1)[C@H](O)CCC2C. The number of benzene rings is 1. The van der Waals surface area contributed by atoms with Crippen LogP contribution in [0.2, 0.25) is 0 Å². The van der Waals surface area contributed by atoms with Crippen LogP contribution >= 0.6 is 0 Å². The lowest BCUT2D eigenvalue weighted by molar-refractivity contribution is 0.151. The zero-order chi connectivity index (χ0) is 11.7. The molecule has 3 atom stereocenters. The van der Waals surface area contributed by atoms with Gasteiger partial charge in [0.25, 0.3) is 0 Å². The maximum atomic E-state index is 10.1. The lowest BCUT2D eigenvalue weighted by Gasteiger charge is -2.27. The molecule has 0 bridgehead atoms. The van der Waals surface area contributed by atoms with E-state index in [0.717, 1.165) is 19.3 Å². The predicted molar refractivity (Wildman–Crippen MR) is 67.8 cm³/mol. The highest BCUT2D eigenvalue weighted by molar-refractivity contribution is 5.38. The normalized spacial score (nSPS) is 26.2. The molecule has 1 heteroatoms. The van der Waals surface area contributed by atoms with E-state index < -0.39 is 0 Å². The van der Waals surface area contributed by atoms with Crippen molar-refractivity contribution in [2.75, 3.05) is 0 Å². The first-order valence-corrected chi connectivity index (χ1v) is 6.45. The predicted octanol–water partition coefficient (Wildman–Crippen LogP) is 4.13. The van der Waals surface area contributed by atoms with Gasteiger partial charge in [-0.15, -0.1) is 0 Å². The maximum absolute atomic E-state index is 10.1. The van der Waals surface area contributed by atoms with Gasteiger partial charge in [0.05, 0.1) is 6.10 Å². The van der Waals surface area contributed by atoms with Crippen LogP contribution in [0, 0.1) is 0 Å². The third-order valence-corrected chi connectivity index (χ3v) is 4.06. The van der Waals surface area contributed by atoms with Crippen LogP contribution in [0.4, 0.5) is 0 Å². The molecule has 1 aliphatic carbocycles. The molecular weight excluding hydrogens is 196 g/mol. The van der Waals surface area contributed by atoms with Crippen molar-refractivity contribution in [3.8, 4) is 0 Å². The first kappa shape index (κ1) is 11.7. The maximum Gasteiger partial charge on any atom is 0.0793 e. The zero-order valence-electron chi connectivity index (χ0n) is 10.5. The Labute approximate surface area is 98.5 Å². The fraction of sp³-hybridized carbons (Fsp3) is 0.600. The third kappa shape index (κ3) is 2.01. The van der Waals surface area contributed by atoms with Crippen molar-refractivity contribution in [1.29, 1.82) is 0 Å². The Kier molecular flexibility index (Phi) is 3.34. The van der Waals surface area contributed by atoms with Gasteiger partial charge in [-0.25, -0.2) is 0 Å². The van der Waals surface area contributed by atoms with E-state index in [4.69, 9.17) is 0 Å². The number of hydrogen-bond donors (Lipinski definition) is 1. The van der Waals surface area contributed by atoms with E-state index in [-0.39, 0.29) is 6.10 Å². The second-order valence-corrected chi connectivity index (χ2v) is 5.19. The molecule has 1 aliphatic rings. The second kappa shape index (κ2) is 4.58. The molecule has 88 valence electrons. The van der Waals surface area contributed by atoms with Crippen LogP contribution in [0.5, 0.6) is 0 Å². The second-order valence-electron chi connectivity index (χ2n) is 5.19. The van der Waals surface area contributed by atoms with Crippen LogP contribution in [-0.2, 0) is 0 Å². The number of rotatable bonds is 2. The minimum absolute atomic E-state index is 0.241. The molecule has 0 radical (unpaired) electrons. The number of hydrogen-bond acceptors (Lipinski definition) is 1. The fourth-order valence-corrected chi connectivity index (χ4v) is 2.59. The third-order valence-electron chi connectivity index (χ3n) is 4.06. The lowest BCUT2D eigenvalue weighted by Crippen LogP contribution is -2.13. The molecule has 2 rings (SSSR count). The van der Waals surface area contributed by atoms with E-state index in [9.17, 15) is 5.11 Å². The Morgan fingerprint density at radius 1 is 1.31 bits per heavy atom. The summed E-state index contributed by atoms with van der Waals surface area (Å²) in [4.78, 5) is 0. The number of fused-ring (bicyclic) bond motifs is 1. The fourth-order valence-electron chi connectivity index (χ4n) is 2.59. The van der Waals surface area contributed by atoms with Gasteiger partial charge in [0.1, 0.15) is 0 Å². The van der Waals surface area contributed by atoms with E-state index in [1.165, 1.54) is 16.7 Å². The highest BCUT2D eigenvalue weighted by Gasteiger charge is 2.23. The molecule has 1 aromatic carbocycles. The molecule has 0 fully saturated rings. The summed E-state index contributed by atoms with van der Waals surface area (Å²) < 4.78 is 0. The molecule has 0 heterocycles. The molecule has 1 nitrogen and oxygen atoms in total. The van der Waals surface area contributed by atoms with Gasteiger partial charge in [-0.1, -0.05) is 39.0 Å². The van der Waals surface area contributed by atoms with Crippen molar-refractivity contribution >= 4 is 0 Å². The summed E-state index contributed by atoms with van der Waals surface area (Å²) in [5, 5.41) is 10.1. The van der Waals surface area contributed by atoms with Gasteiger partial charge in [0.2, 0.25) is 0 Å². The highest BCUT2D eigenvalue weighted by Crippen LogP contribution is 2.38. The van der Waals surface area contributed by atoms with E-state index in [2.05, 4.69) is 39.0 Å². The monoisotopic (exact) mass is 218 g/mol. The average molecular weight is 218 g/mol. The topological polar surface area (TPSA) is 20.2 Å². The molecule has 0 spiro atoms. The lowest BCUT2D eigenvalue weighted by atomic mass is 9.80. The Hall–Kier alpha value is -0.820. The van der Waals surface area contributed by atoms with Crippen LogP contribution in [0.15, 0.2) is 18.2 Å². The Balaban J connectivity index is 2.40. The van der Waals surface area contributed by atoms with Gasteiger partial charge in [-0.2, -0.15) is 0 Å². The molecule has 0 saturated heterocycles. The Bertz CT molecular complexity index is 370. The van der Waals surface area contributed by atoms with Gasteiger partial charge < -0.3 is 5.11 Å². The van der Waals surface area contributed by atoms with Gasteiger partial charge in [0.15, 0.2) is 0 Å². The summed E-state index contributed by atoms with van der Waals surface area (Å²) in [6, 6.07) is 6.69. The zero-order valence-corrected chi connectivity index (χ0v) is 10.5. The molecule has 2 unspecified atom stereocenters. The smallest absolute Gasteiger partial charge is 0.0793 e. The summed E-state index contributed by atoms with van der Waals surface area (Å²) in [6.07, 6.45) is 2.94. The van der Waals surface area contributed by atoms with Crippen LogP contribution in [0.25, 0.3) is 0 Å². The minimum Gasteiger partial charge on any atom is -0.388 e. The standard InChI is InChI=1S/C15H22O/c1-4-10(2)12-6-7-13-11(3)5-8-15(16)14(13)9-12/h6-7,9-11,15-16H,4-5,8H2,1-3H3/t10?,11?,15-/m1/s1. The van der Waals surface area contributed by atoms with E-state index in [1.54, 1.807) is 0 Å². The Morgan fingerprint density at radius 3 is 2.75 bits per heavy atom. The summed E-state index contributed by atoms with van der Waals surface area (Å²) in [6.45, 7) is 6.72. The summed E-state index contributed by atoms with van der Waals surface area (Å²) in [5.74, 6) is 1.19. The van der Waals surface area contributed by atoms with Crippen LogP contribution in [-0.4, -0.2) is 5.11 Å². The van der Waals surface area contributed by atoms with Gasteiger partial charge in [-0.3, -0.25) is 0 Å². The van der Waals surface area contributed by atoms with Crippen molar-refractivity contribution in [3.05, 3.63) is 34.9 Å². The minimum atomic E-state index is -0.241. The molecule has 0 aliphatic heterocycles. The van der Waals surface area contributed by atoms with Crippen molar-refractivity contribution < 1.29 is 5.11 Å². The number of aliphatic hydroxyl groups excluding tert-OH is 1. The molecule has 16 heavy (non-hydrogen) atoms. The van der Waals surface area contributed by atoms with E-state index >= 15 is 0 Å². The molecule has 0 amide bonds. The van der Waals surface area contributed by atoms with Gasteiger partial charge in [0, 0.05) is 0 Å². The van der Waals surface area contributed by atoms with Crippen molar-refractivity contribution in [2.45, 2.75) is 58.0 Å². The van der Waals surface area contributed by atoms with Crippen LogP contribution < -0.4 is 0 Å². The first-order valence-electron chi connectivity index (χ1n) is 6.45. The average Bonchev–Trinajstić information content (AvgIpc) is 2.32. The molecule has 0 saturated carbocycles.